The molecule has 0 bridgehead atoms. The lowest BCUT2D eigenvalue weighted by Gasteiger charge is -2.42. The Labute approximate surface area is 172 Å². The molecule has 0 saturated carbocycles. The van der Waals surface area contributed by atoms with Crippen molar-refractivity contribution in [3.8, 4) is 17.6 Å². The molecular weight excluding hydrogens is 364 g/mol. The highest BCUT2D eigenvalue weighted by molar-refractivity contribution is 5.71. The van der Waals surface area contributed by atoms with Crippen molar-refractivity contribution in [2.45, 2.75) is 65.4 Å². The number of fused-ring (bicyclic) bond motifs is 1. The van der Waals surface area contributed by atoms with E-state index in [2.05, 4.69) is 61.6 Å². The van der Waals surface area contributed by atoms with Crippen LogP contribution in [0.4, 0.5) is 0 Å². The van der Waals surface area contributed by atoms with Crippen LogP contribution in [0.2, 0.25) is 0 Å². The SMILES string of the molecule is CCOC(=O)Cc1cnc(C#Cc2cc3c(cc2C)OC(C)(C)CC3(C)C)cn1. The lowest BCUT2D eigenvalue weighted by molar-refractivity contribution is -0.142. The minimum absolute atomic E-state index is 0.00969. The second-order valence-corrected chi connectivity index (χ2v) is 8.71. The number of rotatable bonds is 3. The van der Waals surface area contributed by atoms with E-state index in [1.54, 1.807) is 19.3 Å². The van der Waals surface area contributed by atoms with Gasteiger partial charge in [0.2, 0.25) is 0 Å². The molecule has 0 aliphatic carbocycles. The van der Waals surface area contributed by atoms with Crippen molar-refractivity contribution in [1.29, 1.82) is 0 Å². The van der Waals surface area contributed by atoms with Gasteiger partial charge < -0.3 is 9.47 Å². The Bertz CT molecular complexity index is 980. The van der Waals surface area contributed by atoms with Crippen LogP contribution in [0.3, 0.4) is 0 Å². The summed E-state index contributed by atoms with van der Waals surface area (Å²) in [5, 5.41) is 0. The van der Waals surface area contributed by atoms with Crippen LogP contribution in [-0.4, -0.2) is 28.1 Å². The maximum absolute atomic E-state index is 11.5. The molecule has 3 rings (SSSR count). The highest BCUT2D eigenvalue weighted by atomic mass is 16.5. The number of hydrogen-bond donors (Lipinski definition) is 0. The van der Waals surface area contributed by atoms with Gasteiger partial charge in [0, 0.05) is 11.1 Å². The molecule has 0 unspecified atom stereocenters. The first-order valence-corrected chi connectivity index (χ1v) is 9.92. The second kappa shape index (κ2) is 7.87. The van der Waals surface area contributed by atoms with Crippen LogP contribution in [0.1, 0.15) is 69.1 Å². The third kappa shape index (κ3) is 4.95. The van der Waals surface area contributed by atoms with E-state index in [4.69, 9.17) is 9.47 Å². The van der Waals surface area contributed by atoms with Gasteiger partial charge in [-0.2, -0.15) is 0 Å². The Balaban J connectivity index is 1.84. The van der Waals surface area contributed by atoms with Gasteiger partial charge in [-0.1, -0.05) is 19.8 Å². The summed E-state index contributed by atoms with van der Waals surface area (Å²) in [4.78, 5) is 20.1. The van der Waals surface area contributed by atoms with Crippen LogP contribution in [0, 0.1) is 18.8 Å². The molecule has 29 heavy (non-hydrogen) atoms. The lowest BCUT2D eigenvalue weighted by Crippen LogP contribution is -2.41. The van der Waals surface area contributed by atoms with Crippen LogP contribution in [0.25, 0.3) is 0 Å². The van der Waals surface area contributed by atoms with Gasteiger partial charge in [-0.05, 0) is 63.1 Å². The minimum atomic E-state index is -0.307. The average Bonchev–Trinajstić information content (AvgIpc) is 2.60. The number of aryl methyl sites for hydroxylation is 1. The fourth-order valence-electron chi connectivity index (χ4n) is 3.92. The number of nitrogens with zero attached hydrogens (tertiary/aromatic N) is 2. The molecule has 0 atom stereocenters. The standard InChI is InChI=1S/C24H28N2O3/c1-7-28-22(27)12-19-14-25-18(13-26-19)9-8-17-11-20-21(10-16(17)2)29-24(5,6)15-23(20,3)4/h10-11,13-14H,7,12,15H2,1-6H3. The lowest BCUT2D eigenvalue weighted by atomic mass is 9.73. The minimum Gasteiger partial charge on any atom is -0.488 e. The maximum Gasteiger partial charge on any atom is 0.311 e. The summed E-state index contributed by atoms with van der Waals surface area (Å²) in [6, 6.07) is 4.21. The van der Waals surface area contributed by atoms with Crippen LogP contribution in [0.15, 0.2) is 24.5 Å². The fraction of sp³-hybridized carbons (Fsp3) is 0.458. The predicted molar refractivity (Wildman–Crippen MR) is 112 cm³/mol. The molecule has 5 nitrogen and oxygen atoms in total. The Morgan fingerprint density at radius 1 is 1.17 bits per heavy atom. The van der Waals surface area contributed by atoms with Gasteiger partial charge in [0.1, 0.15) is 17.0 Å². The van der Waals surface area contributed by atoms with Crippen molar-refractivity contribution in [3.05, 3.63) is 52.6 Å². The van der Waals surface area contributed by atoms with Gasteiger partial charge in [-0.3, -0.25) is 9.78 Å². The summed E-state index contributed by atoms with van der Waals surface area (Å²) in [6.07, 6.45) is 4.21. The summed E-state index contributed by atoms with van der Waals surface area (Å²) in [6.45, 7) is 12.9. The van der Waals surface area contributed by atoms with Crippen LogP contribution < -0.4 is 4.74 Å². The molecule has 152 valence electrons. The van der Waals surface area contributed by atoms with Crippen molar-refractivity contribution in [2.75, 3.05) is 6.61 Å². The molecule has 1 aliphatic rings. The van der Waals surface area contributed by atoms with Crippen molar-refractivity contribution >= 4 is 5.97 Å². The van der Waals surface area contributed by atoms with Crippen molar-refractivity contribution < 1.29 is 14.3 Å². The smallest absolute Gasteiger partial charge is 0.311 e. The molecular formula is C24H28N2O3. The Hall–Kier alpha value is -2.87. The van der Waals surface area contributed by atoms with E-state index >= 15 is 0 Å². The zero-order valence-corrected chi connectivity index (χ0v) is 18.0. The molecule has 0 fully saturated rings. The zero-order chi connectivity index (χ0) is 21.2. The second-order valence-electron chi connectivity index (χ2n) is 8.71. The van der Waals surface area contributed by atoms with Gasteiger partial charge in [-0.25, -0.2) is 4.98 Å². The van der Waals surface area contributed by atoms with Crippen LogP contribution >= 0.6 is 0 Å². The van der Waals surface area contributed by atoms with E-state index in [9.17, 15) is 4.79 Å². The molecule has 2 aromatic rings. The summed E-state index contributed by atoms with van der Waals surface area (Å²) in [5.74, 6) is 6.93. The van der Waals surface area contributed by atoms with E-state index in [0.717, 1.165) is 23.3 Å². The molecule has 0 spiro atoms. The number of aromatic nitrogens is 2. The van der Waals surface area contributed by atoms with E-state index in [1.165, 1.54) is 5.56 Å². The Morgan fingerprint density at radius 2 is 1.93 bits per heavy atom. The van der Waals surface area contributed by atoms with Crippen LogP contribution in [-0.2, 0) is 21.4 Å². The number of ether oxygens (including phenoxy) is 2. The number of esters is 1. The Morgan fingerprint density at radius 3 is 2.59 bits per heavy atom. The first kappa shape index (κ1) is 20.9. The average molecular weight is 392 g/mol. The van der Waals surface area contributed by atoms with Gasteiger partial charge in [-0.15, -0.1) is 0 Å². The Kier molecular flexibility index (Phi) is 5.66. The van der Waals surface area contributed by atoms with Gasteiger partial charge in [0.25, 0.3) is 0 Å². The number of carbonyl (C=O) groups excluding carboxylic acids is 1. The molecule has 2 heterocycles. The molecule has 0 radical (unpaired) electrons. The topological polar surface area (TPSA) is 61.3 Å². The molecule has 0 N–H and O–H groups in total. The first-order chi connectivity index (χ1) is 13.6. The van der Waals surface area contributed by atoms with Gasteiger partial charge in [0.05, 0.1) is 31.1 Å². The molecule has 0 amide bonds. The predicted octanol–water partition coefficient (Wildman–Crippen LogP) is 4.13. The van der Waals surface area contributed by atoms with Crippen LogP contribution in [0.5, 0.6) is 5.75 Å². The van der Waals surface area contributed by atoms with Gasteiger partial charge in [0.15, 0.2) is 0 Å². The summed E-state index contributed by atoms with van der Waals surface area (Å²) in [5.41, 5.74) is 4.16. The van der Waals surface area contributed by atoms with Crippen molar-refractivity contribution in [1.82, 2.24) is 9.97 Å². The van der Waals surface area contributed by atoms with E-state index < -0.39 is 0 Å². The molecule has 1 aromatic carbocycles. The molecule has 0 saturated heterocycles. The first-order valence-electron chi connectivity index (χ1n) is 9.92. The third-order valence-electron chi connectivity index (χ3n) is 4.97. The van der Waals surface area contributed by atoms with E-state index in [1.807, 2.05) is 6.92 Å². The fourth-order valence-corrected chi connectivity index (χ4v) is 3.92. The highest BCUT2D eigenvalue weighted by Crippen LogP contribution is 2.45. The number of carbonyl (C=O) groups is 1. The third-order valence-corrected chi connectivity index (χ3v) is 4.97. The monoisotopic (exact) mass is 392 g/mol. The molecule has 5 heteroatoms. The number of benzene rings is 1. The van der Waals surface area contributed by atoms with Crippen molar-refractivity contribution in [3.63, 3.8) is 0 Å². The number of hydrogen-bond acceptors (Lipinski definition) is 5. The summed E-state index contributed by atoms with van der Waals surface area (Å²) >= 11 is 0. The van der Waals surface area contributed by atoms with Gasteiger partial charge >= 0.3 is 5.97 Å². The van der Waals surface area contributed by atoms with Crippen molar-refractivity contribution in [2.24, 2.45) is 0 Å². The summed E-state index contributed by atoms with van der Waals surface area (Å²) in [7, 11) is 0. The van der Waals surface area contributed by atoms with E-state index in [0.29, 0.717) is 18.0 Å². The quantitative estimate of drug-likeness (QED) is 0.581. The largest absolute Gasteiger partial charge is 0.488 e. The normalized spacial score (nSPS) is 16.1. The highest BCUT2D eigenvalue weighted by Gasteiger charge is 2.39. The zero-order valence-electron chi connectivity index (χ0n) is 18.0. The van der Waals surface area contributed by atoms with E-state index in [-0.39, 0.29) is 23.4 Å². The maximum atomic E-state index is 11.5. The summed E-state index contributed by atoms with van der Waals surface area (Å²) < 4.78 is 11.1. The molecule has 1 aromatic heterocycles. The molecule has 1 aliphatic heterocycles.